The van der Waals surface area contributed by atoms with Crippen LogP contribution in [0.1, 0.15) is 11.1 Å². The number of nitrogens with two attached hydrogens (primary N) is 1. The highest BCUT2D eigenvalue weighted by Gasteiger charge is 2.23. The van der Waals surface area contributed by atoms with E-state index in [1.807, 2.05) is 23.6 Å². The largest absolute Gasteiger partial charge is 0.384 e. The molecule has 4 aromatic heterocycles. The average molecular weight is 328 g/mol. The molecule has 0 saturated carbocycles. The molecule has 5 rings (SSSR count). The Morgan fingerprint density at radius 1 is 1.24 bits per heavy atom. The molecule has 0 saturated heterocycles. The first-order valence-corrected chi connectivity index (χ1v) is 7.65. The molecule has 120 valence electrons. The van der Waals surface area contributed by atoms with Gasteiger partial charge in [-0.05, 0) is 18.6 Å². The van der Waals surface area contributed by atoms with Crippen LogP contribution in [0.15, 0.2) is 37.1 Å². The van der Waals surface area contributed by atoms with Gasteiger partial charge in [0.2, 0.25) is 0 Å². The minimum absolute atomic E-state index is 0.345. The third-order valence-corrected chi connectivity index (χ3v) is 4.51. The number of benzene rings is 1. The number of aryl methyl sites for hydroxylation is 1. The van der Waals surface area contributed by atoms with E-state index in [0.29, 0.717) is 28.1 Å². The Kier molecular flexibility index (Phi) is 2.49. The molecule has 8 nitrogen and oxygen atoms in total. The predicted molar refractivity (Wildman–Crippen MR) is 93.3 cm³/mol. The fraction of sp³-hybridized carbons (Fsp3) is 0.0588. The lowest BCUT2D eigenvalue weighted by Gasteiger charge is -2.12. The normalized spacial score (nSPS) is 11.5. The highest BCUT2D eigenvalue weighted by molar-refractivity contribution is 6.02. The van der Waals surface area contributed by atoms with E-state index in [1.165, 1.54) is 0 Å². The van der Waals surface area contributed by atoms with E-state index in [4.69, 9.17) is 5.73 Å². The third-order valence-electron chi connectivity index (χ3n) is 4.51. The maximum absolute atomic E-state index is 9.69. The number of nitrogens with zero attached hydrogens (tertiary/aromatic N) is 6. The molecular weight excluding hydrogens is 316 g/mol. The number of nitrogens with one attached hydrogen (secondary N) is 1. The summed E-state index contributed by atoms with van der Waals surface area (Å²) in [5.74, 6) is 0.345. The van der Waals surface area contributed by atoms with Crippen LogP contribution in [0.2, 0.25) is 0 Å². The minimum atomic E-state index is 0.345. The third kappa shape index (κ3) is 1.61. The monoisotopic (exact) mass is 328 g/mol. The summed E-state index contributed by atoms with van der Waals surface area (Å²) >= 11 is 0. The summed E-state index contributed by atoms with van der Waals surface area (Å²) in [6.45, 7) is 1.99. The predicted octanol–water partition coefficient (Wildman–Crippen LogP) is 2.31. The van der Waals surface area contributed by atoms with Crippen molar-refractivity contribution in [2.75, 3.05) is 5.73 Å². The van der Waals surface area contributed by atoms with Gasteiger partial charge in [0.05, 0.1) is 22.8 Å². The lowest BCUT2D eigenvalue weighted by Crippen LogP contribution is -2.04. The number of hydrogen-bond donors (Lipinski definition) is 2. The van der Waals surface area contributed by atoms with Gasteiger partial charge in [-0.1, -0.05) is 6.07 Å². The topological polar surface area (TPSA) is 114 Å². The molecule has 0 aliphatic rings. The second kappa shape index (κ2) is 4.58. The summed E-state index contributed by atoms with van der Waals surface area (Å²) in [6.07, 6.45) is 6.89. The molecule has 0 aliphatic carbocycles. The maximum atomic E-state index is 9.69. The van der Waals surface area contributed by atoms with Crippen molar-refractivity contribution in [1.82, 2.24) is 29.1 Å². The second-order valence-electron chi connectivity index (χ2n) is 5.87. The minimum Gasteiger partial charge on any atom is -0.384 e. The molecule has 8 heteroatoms. The first kappa shape index (κ1) is 13.6. The van der Waals surface area contributed by atoms with Gasteiger partial charge in [0.1, 0.15) is 29.4 Å². The Balaban J connectivity index is 2.04. The van der Waals surface area contributed by atoms with Gasteiger partial charge in [-0.15, -0.1) is 0 Å². The quantitative estimate of drug-likeness (QED) is 0.490. The van der Waals surface area contributed by atoms with Crippen molar-refractivity contribution in [3.05, 3.63) is 48.2 Å². The number of nitrogen functional groups attached to an aromatic ring is 1. The Morgan fingerprint density at radius 3 is 2.96 bits per heavy atom. The van der Waals surface area contributed by atoms with Crippen molar-refractivity contribution in [2.24, 2.45) is 0 Å². The molecule has 0 amide bonds. The summed E-state index contributed by atoms with van der Waals surface area (Å²) in [5, 5.41) is 18.3. The fourth-order valence-electron chi connectivity index (χ4n) is 3.38. The van der Waals surface area contributed by atoms with Crippen molar-refractivity contribution in [3.8, 4) is 11.8 Å². The van der Waals surface area contributed by atoms with Gasteiger partial charge in [-0.3, -0.25) is 14.1 Å². The zero-order valence-electron chi connectivity index (χ0n) is 13.2. The zero-order chi connectivity index (χ0) is 17.1. The first-order valence-electron chi connectivity index (χ1n) is 7.65. The van der Waals surface area contributed by atoms with Gasteiger partial charge in [-0.2, -0.15) is 10.4 Å². The van der Waals surface area contributed by atoms with E-state index in [1.54, 1.807) is 29.3 Å². The van der Waals surface area contributed by atoms with Crippen LogP contribution in [0.4, 0.5) is 5.82 Å². The van der Waals surface area contributed by atoms with E-state index in [2.05, 4.69) is 26.2 Å². The van der Waals surface area contributed by atoms with Crippen molar-refractivity contribution in [1.29, 1.82) is 5.26 Å². The van der Waals surface area contributed by atoms with Crippen LogP contribution >= 0.6 is 0 Å². The molecule has 3 N–H and O–H groups in total. The lowest BCUT2D eigenvalue weighted by molar-refractivity contribution is 1.06. The van der Waals surface area contributed by atoms with Crippen molar-refractivity contribution >= 4 is 33.4 Å². The molecule has 1 aromatic carbocycles. The van der Waals surface area contributed by atoms with E-state index < -0.39 is 0 Å². The number of nitriles is 1. The molecule has 0 radical (unpaired) electrons. The average Bonchev–Trinajstić information content (AvgIpc) is 3.31. The van der Waals surface area contributed by atoms with E-state index in [9.17, 15) is 5.26 Å². The van der Waals surface area contributed by atoms with Crippen molar-refractivity contribution in [3.63, 3.8) is 0 Å². The van der Waals surface area contributed by atoms with Gasteiger partial charge in [0.25, 0.3) is 0 Å². The number of hydrogen-bond acceptors (Lipinski definition) is 5. The highest BCUT2D eigenvalue weighted by atomic mass is 15.2. The number of aromatic nitrogens is 6. The molecule has 0 fully saturated rings. The standard InChI is InChI=1S/C17H12N8/c1-9-2-3-12-11(7-22-23-12)14(9)25-15(19)10(6-18)13-16-20-4-5-24(16)8-21-17(13)25/h2-5,7-8H,19H2,1H3,(H,22,23). The van der Waals surface area contributed by atoms with E-state index in [-0.39, 0.29) is 0 Å². The molecular formula is C17H12N8. The maximum Gasteiger partial charge on any atom is 0.153 e. The van der Waals surface area contributed by atoms with Crippen LogP contribution in [0.3, 0.4) is 0 Å². The molecule has 5 aromatic rings. The molecule has 0 aliphatic heterocycles. The van der Waals surface area contributed by atoms with Crippen LogP contribution in [0.25, 0.3) is 33.3 Å². The van der Waals surface area contributed by atoms with Gasteiger partial charge < -0.3 is 5.73 Å². The Morgan fingerprint density at radius 2 is 2.12 bits per heavy atom. The van der Waals surface area contributed by atoms with Crippen LogP contribution < -0.4 is 5.73 Å². The van der Waals surface area contributed by atoms with E-state index in [0.717, 1.165) is 22.2 Å². The molecule has 4 heterocycles. The Bertz CT molecular complexity index is 1330. The van der Waals surface area contributed by atoms with Gasteiger partial charge in [-0.25, -0.2) is 9.97 Å². The van der Waals surface area contributed by atoms with Crippen LogP contribution in [0.5, 0.6) is 0 Å². The van der Waals surface area contributed by atoms with Gasteiger partial charge >= 0.3 is 0 Å². The van der Waals surface area contributed by atoms with Gasteiger partial charge in [0, 0.05) is 17.8 Å². The number of aromatic amines is 1. The number of imidazole rings is 1. The zero-order valence-corrected chi connectivity index (χ0v) is 13.2. The Labute approximate surface area is 141 Å². The summed E-state index contributed by atoms with van der Waals surface area (Å²) in [7, 11) is 0. The summed E-state index contributed by atoms with van der Waals surface area (Å²) < 4.78 is 3.59. The smallest absolute Gasteiger partial charge is 0.153 e. The number of H-pyrrole nitrogens is 1. The van der Waals surface area contributed by atoms with Crippen molar-refractivity contribution in [2.45, 2.75) is 6.92 Å². The van der Waals surface area contributed by atoms with Gasteiger partial charge in [0.15, 0.2) is 5.65 Å². The van der Waals surface area contributed by atoms with Crippen molar-refractivity contribution < 1.29 is 0 Å². The first-order chi connectivity index (χ1) is 12.2. The molecule has 25 heavy (non-hydrogen) atoms. The van der Waals surface area contributed by atoms with Crippen LogP contribution in [0, 0.1) is 18.3 Å². The molecule has 0 unspecified atom stereocenters. The summed E-state index contributed by atoms with van der Waals surface area (Å²) in [5.41, 5.74) is 10.8. The SMILES string of the molecule is Cc1ccc2[nH]ncc2c1-n1c(N)c(C#N)c2c1ncn1ccnc21. The lowest BCUT2D eigenvalue weighted by atomic mass is 10.1. The fourth-order valence-corrected chi connectivity index (χ4v) is 3.38. The Hall–Kier alpha value is -3.86. The number of rotatable bonds is 1. The molecule has 0 spiro atoms. The highest BCUT2D eigenvalue weighted by Crippen LogP contribution is 2.35. The summed E-state index contributed by atoms with van der Waals surface area (Å²) in [6, 6.07) is 6.16. The van der Waals surface area contributed by atoms with Crippen LogP contribution in [-0.2, 0) is 0 Å². The molecule has 0 bridgehead atoms. The second-order valence-corrected chi connectivity index (χ2v) is 5.87. The number of fused-ring (bicyclic) bond motifs is 4. The summed E-state index contributed by atoms with van der Waals surface area (Å²) in [4.78, 5) is 8.91. The molecule has 0 atom stereocenters. The van der Waals surface area contributed by atoms with Crippen LogP contribution in [-0.4, -0.2) is 29.1 Å². The number of anilines is 1. The van der Waals surface area contributed by atoms with E-state index >= 15 is 0 Å².